The Morgan fingerprint density at radius 1 is 0.917 bits per heavy atom. The second-order valence-electron chi connectivity index (χ2n) is 5.45. The molecule has 122 valence electrons. The number of hydrogen-bond acceptors (Lipinski definition) is 3. The normalized spacial score (nSPS) is 10.5. The minimum Gasteiger partial charge on any atom is -0.489 e. The molecule has 3 rings (SSSR count). The molecule has 0 aliphatic heterocycles. The van der Waals surface area contributed by atoms with Gasteiger partial charge in [0, 0.05) is 29.9 Å². The Morgan fingerprint density at radius 2 is 1.79 bits per heavy atom. The monoisotopic (exact) mass is 338 g/mol. The molecule has 0 aliphatic rings. The fraction of sp³-hybridized carbons (Fsp3) is 0.150. The summed E-state index contributed by atoms with van der Waals surface area (Å²) in [5.74, 6) is 0.881. The van der Waals surface area contributed by atoms with Gasteiger partial charge in [0.2, 0.25) is 0 Å². The van der Waals surface area contributed by atoms with Gasteiger partial charge in [-0.1, -0.05) is 48.0 Å². The Morgan fingerprint density at radius 3 is 2.62 bits per heavy atom. The molecular weight excluding hydrogens is 320 g/mol. The summed E-state index contributed by atoms with van der Waals surface area (Å²) >= 11 is 6.01. The molecule has 0 saturated heterocycles. The summed E-state index contributed by atoms with van der Waals surface area (Å²) in [5.41, 5.74) is 3.20. The van der Waals surface area contributed by atoms with Crippen LogP contribution in [-0.2, 0) is 19.7 Å². The van der Waals surface area contributed by atoms with Crippen LogP contribution in [-0.4, -0.2) is 4.98 Å². The van der Waals surface area contributed by atoms with E-state index in [4.69, 9.17) is 16.3 Å². The molecule has 0 amide bonds. The SMILES string of the molecule is Clc1cccc(COc2ccccc2CNCc2ccccn2)c1. The molecule has 0 fully saturated rings. The highest BCUT2D eigenvalue weighted by Crippen LogP contribution is 2.20. The lowest BCUT2D eigenvalue weighted by Gasteiger charge is -2.12. The zero-order chi connectivity index (χ0) is 16.6. The first kappa shape index (κ1) is 16.5. The largest absolute Gasteiger partial charge is 0.489 e. The minimum absolute atomic E-state index is 0.498. The van der Waals surface area contributed by atoms with Crippen molar-refractivity contribution in [1.82, 2.24) is 10.3 Å². The Hall–Kier alpha value is -2.36. The van der Waals surface area contributed by atoms with E-state index in [9.17, 15) is 0 Å². The predicted molar refractivity (Wildman–Crippen MR) is 97.0 cm³/mol. The predicted octanol–water partition coefficient (Wildman–Crippen LogP) is 4.60. The van der Waals surface area contributed by atoms with Crippen LogP contribution in [0, 0.1) is 0 Å². The molecule has 4 heteroatoms. The molecule has 1 heterocycles. The van der Waals surface area contributed by atoms with Crippen molar-refractivity contribution in [2.24, 2.45) is 0 Å². The summed E-state index contributed by atoms with van der Waals surface area (Å²) in [7, 11) is 0. The lowest BCUT2D eigenvalue weighted by Crippen LogP contribution is -2.14. The molecule has 1 aromatic heterocycles. The molecule has 0 spiro atoms. The second kappa shape index (κ2) is 8.48. The fourth-order valence-corrected chi connectivity index (χ4v) is 2.62. The first-order chi connectivity index (χ1) is 11.8. The van der Waals surface area contributed by atoms with Crippen LogP contribution in [0.1, 0.15) is 16.8 Å². The van der Waals surface area contributed by atoms with Crippen molar-refractivity contribution < 1.29 is 4.74 Å². The number of para-hydroxylation sites is 1. The minimum atomic E-state index is 0.498. The van der Waals surface area contributed by atoms with Crippen molar-refractivity contribution in [3.63, 3.8) is 0 Å². The topological polar surface area (TPSA) is 34.1 Å². The quantitative estimate of drug-likeness (QED) is 0.683. The molecule has 1 N–H and O–H groups in total. The summed E-state index contributed by atoms with van der Waals surface area (Å²) in [6.45, 7) is 1.95. The first-order valence-corrected chi connectivity index (χ1v) is 8.25. The molecule has 3 nitrogen and oxygen atoms in total. The van der Waals surface area contributed by atoms with Crippen LogP contribution >= 0.6 is 11.6 Å². The molecule has 0 atom stereocenters. The molecule has 0 unspecified atom stereocenters. The molecule has 2 aromatic carbocycles. The average molecular weight is 339 g/mol. The summed E-state index contributed by atoms with van der Waals surface area (Å²) in [6.07, 6.45) is 1.80. The number of hydrogen-bond donors (Lipinski definition) is 1. The number of pyridine rings is 1. The van der Waals surface area contributed by atoms with Crippen molar-refractivity contribution >= 4 is 11.6 Å². The van der Waals surface area contributed by atoms with E-state index < -0.39 is 0 Å². The number of nitrogens with one attached hydrogen (secondary N) is 1. The molecule has 0 bridgehead atoms. The van der Waals surface area contributed by atoms with Crippen molar-refractivity contribution in [2.75, 3.05) is 0 Å². The van der Waals surface area contributed by atoms with Crippen LogP contribution in [0.5, 0.6) is 5.75 Å². The van der Waals surface area contributed by atoms with E-state index in [2.05, 4.69) is 16.4 Å². The summed E-state index contributed by atoms with van der Waals surface area (Å²) in [4.78, 5) is 4.31. The van der Waals surface area contributed by atoms with Gasteiger partial charge in [0.05, 0.1) is 5.69 Å². The highest BCUT2D eigenvalue weighted by molar-refractivity contribution is 6.30. The van der Waals surface area contributed by atoms with E-state index in [0.717, 1.165) is 40.7 Å². The van der Waals surface area contributed by atoms with Gasteiger partial charge in [-0.05, 0) is 35.9 Å². The van der Waals surface area contributed by atoms with Gasteiger partial charge in [-0.15, -0.1) is 0 Å². The Balaban J connectivity index is 1.58. The number of nitrogens with zero attached hydrogens (tertiary/aromatic N) is 1. The van der Waals surface area contributed by atoms with Gasteiger partial charge in [0.15, 0.2) is 0 Å². The molecule has 3 aromatic rings. The highest BCUT2D eigenvalue weighted by atomic mass is 35.5. The molecule has 24 heavy (non-hydrogen) atoms. The smallest absolute Gasteiger partial charge is 0.124 e. The molecular formula is C20H19ClN2O. The van der Waals surface area contributed by atoms with Crippen LogP contribution in [0.15, 0.2) is 72.9 Å². The number of aromatic nitrogens is 1. The molecule has 0 saturated carbocycles. The van der Waals surface area contributed by atoms with Crippen molar-refractivity contribution in [1.29, 1.82) is 0 Å². The van der Waals surface area contributed by atoms with Crippen LogP contribution in [0.4, 0.5) is 0 Å². The lowest BCUT2D eigenvalue weighted by molar-refractivity contribution is 0.302. The standard InChI is InChI=1S/C20H19ClN2O/c21-18-8-5-6-16(12-18)15-24-20-10-2-1-7-17(20)13-22-14-19-9-3-4-11-23-19/h1-12,22H,13-15H2. The van der Waals surface area contributed by atoms with Crippen LogP contribution < -0.4 is 10.1 Å². The van der Waals surface area contributed by atoms with E-state index in [-0.39, 0.29) is 0 Å². The van der Waals surface area contributed by atoms with Gasteiger partial charge in [-0.3, -0.25) is 4.98 Å². The lowest BCUT2D eigenvalue weighted by atomic mass is 10.2. The van der Waals surface area contributed by atoms with E-state index in [1.807, 2.05) is 60.7 Å². The maximum absolute atomic E-state index is 6.01. The van der Waals surface area contributed by atoms with E-state index >= 15 is 0 Å². The number of halogens is 1. The van der Waals surface area contributed by atoms with E-state index in [1.165, 1.54) is 0 Å². The molecule has 0 aliphatic carbocycles. The van der Waals surface area contributed by atoms with Crippen LogP contribution in [0.25, 0.3) is 0 Å². The maximum atomic E-state index is 6.01. The number of ether oxygens (including phenoxy) is 1. The third kappa shape index (κ3) is 4.82. The number of benzene rings is 2. The third-order valence-electron chi connectivity index (χ3n) is 3.60. The second-order valence-corrected chi connectivity index (χ2v) is 5.89. The zero-order valence-electron chi connectivity index (χ0n) is 13.3. The van der Waals surface area contributed by atoms with Crippen LogP contribution in [0.2, 0.25) is 5.02 Å². The Kier molecular flexibility index (Phi) is 5.83. The van der Waals surface area contributed by atoms with E-state index in [1.54, 1.807) is 6.20 Å². The summed E-state index contributed by atoms with van der Waals surface area (Å²) in [5, 5.41) is 4.13. The van der Waals surface area contributed by atoms with Crippen LogP contribution in [0.3, 0.4) is 0 Å². The highest BCUT2D eigenvalue weighted by Gasteiger charge is 2.04. The summed E-state index contributed by atoms with van der Waals surface area (Å²) < 4.78 is 5.97. The zero-order valence-corrected chi connectivity index (χ0v) is 14.0. The van der Waals surface area contributed by atoms with Crippen molar-refractivity contribution in [2.45, 2.75) is 19.7 Å². The van der Waals surface area contributed by atoms with Gasteiger partial charge >= 0.3 is 0 Å². The van der Waals surface area contributed by atoms with Crippen molar-refractivity contribution in [3.05, 3.63) is 94.8 Å². The maximum Gasteiger partial charge on any atom is 0.124 e. The number of rotatable bonds is 7. The van der Waals surface area contributed by atoms with E-state index in [0.29, 0.717) is 6.61 Å². The van der Waals surface area contributed by atoms with Crippen molar-refractivity contribution in [3.8, 4) is 5.75 Å². The van der Waals surface area contributed by atoms with Gasteiger partial charge in [-0.2, -0.15) is 0 Å². The fourth-order valence-electron chi connectivity index (χ4n) is 2.41. The first-order valence-electron chi connectivity index (χ1n) is 7.87. The molecule has 0 radical (unpaired) electrons. The Bertz CT molecular complexity index is 777. The van der Waals surface area contributed by atoms with Gasteiger partial charge in [-0.25, -0.2) is 0 Å². The van der Waals surface area contributed by atoms with Gasteiger partial charge in [0.1, 0.15) is 12.4 Å². The summed E-state index contributed by atoms with van der Waals surface area (Å²) in [6, 6.07) is 21.7. The average Bonchev–Trinajstić information content (AvgIpc) is 2.62. The Labute approximate surface area is 147 Å². The van der Waals surface area contributed by atoms with Gasteiger partial charge in [0.25, 0.3) is 0 Å². The van der Waals surface area contributed by atoms with Gasteiger partial charge < -0.3 is 10.1 Å². The third-order valence-corrected chi connectivity index (χ3v) is 3.84.